The molecule has 0 saturated carbocycles. The van der Waals surface area contributed by atoms with E-state index in [0.29, 0.717) is 25.9 Å². The molecule has 0 atom stereocenters. The van der Waals surface area contributed by atoms with Crippen molar-refractivity contribution in [3.05, 3.63) is 27.2 Å². The molecule has 0 amide bonds. The minimum absolute atomic E-state index is 0.329. The van der Waals surface area contributed by atoms with E-state index in [4.69, 9.17) is 52.9 Å². The Morgan fingerprint density at radius 3 is 2.33 bits per heavy atom. The van der Waals surface area contributed by atoms with Crippen LogP contribution in [0.4, 0.5) is 5.69 Å². The molecule has 3 N–H and O–H groups in total. The second-order valence-electron chi connectivity index (χ2n) is 2.79. The van der Waals surface area contributed by atoms with Crippen LogP contribution in [0.3, 0.4) is 0 Å². The van der Waals surface area contributed by atoms with Gasteiger partial charge in [-0.15, -0.1) is 0 Å². The summed E-state index contributed by atoms with van der Waals surface area (Å²) in [5.74, 6) is 5.43. The minimum atomic E-state index is 0.329. The van der Waals surface area contributed by atoms with Gasteiger partial charge in [-0.25, -0.2) is 5.84 Å². The molecular weight excluding hydrogens is 277 g/mol. The Morgan fingerprint density at radius 1 is 1.27 bits per heavy atom. The van der Waals surface area contributed by atoms with Crippen LogP contribution in [0.25, 0.3) is 0 Å². The van der Waals surface area contributed by atoms with Crippen LogP contribution in [-0.4, -0.2) is 17.2 Å². The Kier molecular flexibility index (Phi) is 4.43. The number of hydrogen-bond acceptors (Lipinski definition) is 2. The Balaban J connectivity index is 2.96. The summed E-state index contributed by atoms with van der Waals surface area (Å²) in [6.45, 7) is 0. The quantitative estimate of drug-likeness (QED) is 0.360. The van der Waals surface area contributed by atoms with E-state index in [1.807, 2.05) is 0 Å². The molecular formula is C8H8Cl3N3S. The molecule has 0 heterocycles. The van der Waals surface area contributed by atoms with E-state index in [1.165, 1.54) is 11.1 Å². The first-order valence-electron chi connectivity index (χ1n) is 3.85. The van der Waals surface area contributed by atoms with Gasteiger partial charge in [-0.3, -0.25) is 5.01 Å². The Morgan fingerprint density at radius 2 is 1.80 bits per heavy atom. The molecule has 3 nitrogen and oxygen atoms in total. The van der Waals surface area contributed by atoms with E-state index in [1.54, 1.807) is 13.1 Å². The summed E-state index contributed by atoms with van der Waals surface area (Å²) in [5, 5.41) is 5.63. The number of nitrogens with one attached hydrogen (secondary N) is 1. The van der Waals surface area contributed by atoms with Crippen LogP contribution >= 0.6 is 47.0 Å². The van der Waals surface area contributed by atoms with E-state index in [0.717, 1.165) is 0 Å². The lowest BCUT2D eigenvalue weighted by Crippen LogP contribution is -2.36. The zero-order chi connectivity index (χ0) is 11.6. The standard InChI is InChI=1S/C8H8Cl3N3S/c1-14(12)8(15)13-7-3-5(10)4(9)2-6(7)11/h2-3H,12H2,1H3,(H,13,15). The molecule has 1 rings (SSSR count). The van der Waals surface area contributed by atoms with E-state index in [2.05, 4.69) is 5.32 Å². The molecule has 0 aromatic heterocycles. The number of thiocarbonyl (C=S) groups is 1. The summed E-state index contributed by atoms with van der Waals surface area (Å²) < 4.78 is 0. The summed E-state index contributed by atoms with van der Waals surface area (Å²) in [4.78, 5) is 0. The summed E-state index contributed by atoms with van der Waals surface area (Å²) in [6, 6.07) is 3.12. The van der Waals surface area contributed by atoms with Crippen molar-refractivity contribution >= 4 is 57.8 Å². The summed E-state index contributed by atoms with van der Waals surface area (Å²) >= 11 is 22.5. The van der Waals surface area contributed by atoms with E-state index in [-0.39, 0.29) is 0 Å². The van der Waals surface area contributed by atoms with Crippen LogP contribution in [0.1, 0.15) is 0 Å². The molecule has 0 saturated heterocycles. The summed E-state index contributed by atoms with van der Waals surface area (Å²) in [7, 11) is 1.61. The molecule has 0 aliphatic carbocycles. The molecule has 0 fully saturated rings. The van der Waals surface area contributed by atoms with Crippen molar-refractivity contribution in [3.63, 3.8) is 0 Å². The number of halogens is 3. The predicted molar refractivity (Wildman–Crippen MR) is 69.6 cm³/mol. The first-order valence-corrected chi connectivity index (χ1v) is 5.40. The lowest BCUT2D eigenvalue weighted by molar-refractivity contribution is 0.548. The average molecular weight is 285 g/mol. The highest BCUT2D eigenvalue weighted by Gasteiger charge is 2.08. The third kappa shape index (κ3) is 3.36. The number of anilines is 1. The molecule has 7 heteroatoms. The Bertz CT molecular complexity index is 395. The van der Waals surface area contributed by atoms with Crippen molar-refractivity contribution in [2.45, 2.75) is 0 Å². The second kappa shape index (κ2) is 5.18. The van der Waals surface area contributed by atoms with Gasteiger partial charge in [-0.05, 0) is 24.4 Å². The maximum atomic E-state index is 5.93. The van der Waals surface area contributed by atoms with Gasteiger partial charge in [0, 0.05) is 7.05 Å². The number of nitrogens with zero attached hydrogens (tertiary/aromatic N) is 1. The van der Waals surface area contributed by atoms with Gasteiger partial charge in [0.05, 0.1) is 20.8 Å². The first kappa shape index (κ1) is 12.8. The van der Waals surface area contributed by atoms with Crippen LogP contribution in [0, 0.1) is 0 Å². The number of hydrazine groups is 1. The molecule has 0 aliphatic rings. The van der Waals surface area contributed by atoms with Crippen molar-refractivity contribution in [1.29, 1.82) is 0 Å². The molecule has 0 spiro atoms. The normalized spacial score (nSPS) is 9.93. The molecule has 1 aromatic rings. The van der Waals surface area contributed by atoms with Gasteiger partial charge >= 0.3 is 0 Å². The van der Waals surface area contributed by atoms with E-state index >= 15 is 0 Å². The van der Waals surface area contributed by atoms with Crippen molar-refractivity contribution in [2.75, 3.05) is 12.4 Å². The third-order valence-corrected chi connectivity index (χ3v) is 3.00. The highest BCUT2D eigenvalue weighted by Crippen LogP contribution is 2.32. The topological polar surface area (TPSA) is 41.3 Å². The van der Waals surface area contributed by atoms with Gasteiger partial charge in [0.15, 0.2) is 5.11 Å². The van der Waals surface area contributed by atoms with Crippen molar-refractivity contribution in [2.24, 2.45) is 5.84 Å². The van der Waals surface area contributed by atoms with Gasteiger partial charge in [0.25, 0.3) is 0 Å². The van der Waals surface area contributed by atoms with Gasteiger partial charge in [0.1, 0.15) is 0 Å². The monoisotopic (exact) mass is 283 g/mol. The van der Waals surface area contributed by atoms with Crippen molar-refractivity contribution in [1.82, 2.24) is 5.01 Å². The lowest BCUT2D eigenvalue weighted by atomic mass is 10.3. The fourth-order valence-corrected chi connectivity index (χ4v) is 1.53. The average Bonchev–Trinajstić information content (AvgIpc) is 2.13. The van der Waals surface area contributed by atoms with Crippen LogP contribution in [0.5, 0.6) is 0 Å². The molecule has 1 aromatic carbocycles. The van der Waals surface area contributed by atoms with Crippen LogP contribution in [-0.2, 0) is 0 Å². The summed E-state index contributed by atoms with van der Waals surface area (Å²) in [6.07, 6.45) is 0. The highest BCUT2D eigenvalue weighted by molar-refractivity contribution is 7.80. The van der Waals surface area contributed by atoms with Crippen LogP contribution in [0.15, 0.2) is 12.1 Å². The fraction of sp³-hybridized carbons (Fsp3) is 0.125. The molecule has 0 bridgehead atoms. The number of benzene rings is 1. The van der Waals surface area contributed by atoms with Crippen molar-refractivity contribution < 1.29 is 0 Å². The van der Waals surface area contributed by atoms with E-state index < -0.39 is 0 Å². The molecule has 15 heavy (non-hydrogen) atoms. The zero-order valence-corrected chi connectivity index (χ0v) is 10.8. The largest absolute Gasteiger partial charge is 0.330 e. The van der Waals surface area contributed by atoms with Gasteiger partial charge < -0.3 is 5.32 Å². The van der Waals surface area contributed by atoms with Crippen LogP contribution < -0.4 is 11.2 Å². The van der Waals surface area contributed by atoms with Crippen LogP contribution in [0.2, 0.25) is 15.1 Å². The highest BCUT2D eigenvalue weighted by atomic mass is 35.5. The first-order chi connectivity index (χ1) is 6.91. The molecule has 0 radical (unpaired) electrons. The summed E-state index contributed by atoms with van der Waals surface area (Å²) in [5.41, 5.74) is 0.563. The Hall–Kier alpha value is -0.260. The number of hydrogen-bond donors (Lipinski definition) is 2. The zero-order valence-electron chi connectivity index (χ0n) is 7.72. The lowest BCUT2D eigenvalue weighted by Gasteiger charge is -2.16. The number of nitrogens with two attached hydrogens (primary N) is 1. The molecule has 0 aliphatic heterocycles. The number of rotatable bonds is 1. The van der Waals surface area contributed by atoms with Gasteiger partial charge in [0.2, 0.25) is 0 Å². The third-order valence-electron chi connectivity index (χ3n) is 1.57. The Labute approximate surface area is 108 Å². The smallest absolute Gasteiger partial charge is 0.187 e. The predicted octanol–water partition coefficient (Wildman–Crippen LogP) is 3.15. The maximum absolute atomic E-state index is 5.93. The minimum Gasteiger partial charge on any atom is -0.330 e. The van der Waals surface area contributed by atoms with Gasteiger partial charge in [-0.1, -0.05) is 34.8 Å². The fourth-order valence-electron chi connectivity index (χ4n) is 0.822. The van der Waals surface area contributed by atoms with Gasteiger partial charge in [-0.2, -0.15) is 0 Å². The maximum Gasteiger partial charge on any atom is 0.187 e. The SMILES string of the molecule is CN(N)C(=S)Nc1cc(Cl)c(Cl)cc1Cl. The van der Waals surface area contributed by atoms with Crippen molar-refractivity contribution in [3.8, 4) is 0 Å². The molecule has 0 unspecified atom stereocenters. The van der Waals surface area contributed by atoms with E-state index in [9.17, 15) is 0 Å². The molecule has 82 valence electrons. The second-order valence-corrected chi connectivity index (χ2v) is 4.40.